The minimum atomic E-state index is 0. The summed E-state index contributed by atoms with van der Waals surface area (Å²) in [5.41, 5.74) is 12.2. The molecule has 0 saturated carbocycles. The summed E-state index contributed by atoms with van der Waals surface area (Å²) in [5.74, 6) is 0. The van der Waals surface area contributed by atoms with Crippen LogP contribution in [0.4, 0.5) is 0 Å². The molecule has 0 saturated heterocycles. The molecule has 0 fully saturated rings. The smallest absolute Gasteiger partial charge is 1.00 e. The third-order valence-corrected chi connectivity index (χ3v) is 1.51. The average molecular weight is 1830 g/mol. The van der Waals surface area contributed by atoms with Crippen LogP contribution in [-0.4, -0.2) is 163 Å². The normalized spacial score (nSPS) is 8.33. The van der Waals surface area contributed by atoms with Crippen LogP contribution in [0, 0.1) is 26.2 Å². The Morgan fingerprint density at radius 3 is 0.284 bits per heavy atom. The van der Waals surface area contributed by atoms with E-state index in [2.05, 4.69) is 338 Å². The molecule has 36 N–H and O–H groups in total. The summed E-state index contributed by atoms with van der Waals surface area (Å²) in [6.07, 6.45) is 0. The average Bonchev–Trinajstić information content (AvgIpc) is 2.70. The third-order valence-electron chi connectivity index (χ3n) is 1.51. The Bertz CT molecular complexity index is 899. The molecule has 0 aliphatic rings. The predicted octanol–water partition coefficient (Wildman–Crippen LogP) is -9.78. The zero-order valence-corrected chi connectivity index (χ0v) is 52.4. The van der Waals surface area contributed by atoms with Crippen LogP contribution in [0.1, 0.15) is 2.85 Å². The summed E-state index contributed by atoms with van der Waals surface area (Å²) in [7, 11) is 0. The van der Waals surface area contributed by atoms with Crippen molar-refractivity contribution < 1.29 is 579 Å². The molecule has 0 amide bonds. The molecule has 0 unspecified atom stereocenters. The first-order valence-corrected chi connectivity index (χ1v) is 14.9. The fourth-order valence-electron chi connectivity index (χ4n) is 0.466. The summed E-state index contributed by atoms with van der Waals surface area (Å²) in [6.45, 7) is 0. The maximum Gasteiger partial charge on any atom is 1.00 e. The summed E-state index contributed by atoms with van der Waals surface area (Å²) in [5, 5.41) is 427. The van der Waals surface area contributed by atoms with Gasteiger partial charge < -0.3 is 14.5 Å². The zero-order chi connectivity index (χ0) is 84.1. The second-order valence-corrected chi connectivity index (χ2v) is 4.85. The first kappa shape index (κ1) is 170. The van der Waals surface area contributed by atoms with E-state index in [4.69, 9.17) is 189 Å². The van der Waals surface area contributed by atoms with Gasteiger partial charge in [0.25, 0.3) is 0 Å². The molecule has 0 aromatic carbocycles. The van der Waals surface area contributed by atoms with Gasteiger partial charge in [-0.25, -0.2) is 158 Å². The Hall–Kier alpha value is -3.14. The van der Waals surface area contributed by atoms with E-state index in [1.165, 1.54) is 0 Å². The standard InChI is InChI=1S/HN3.N2.H3N.2Na.Ni.2H2O10.2H2O9.2H2O8.H2O7.2H2O6.2H2O5.2H2O4.2H2O3.O2.H2O.2H/c1-3-2;1-2;;;;;2*1-3-5-7-9-10-8-6-4-2;2*1-3-5-7-9-8-6-4-2;2*1-3-5-7-8-6-4-2;1-3-5-7-6-4-2;2*1-3-5-6-4-2;2*1-3-5-4-2;2*1-3-4-2;2*1-3-2;1-2;;;/h1H;;1H3;;;;2*1-2H;2*1-2H;2*1-2H;1-2H;2*1-2H;2*1-2H;2*1-2H;2*1-2H;;1H2;;/q;;;2*+1;;;;;;;;;;;;;;;;;;;2*-1. The van der Waals surface area contributed by atoms with Gasteiger partial charge in [0.15, 0.2) is 0 Å². The van der Waals surface area contributed by atoms with Crippen LogP contribution in [0.5, 0.6) is 0 Å². The number of nitrogens with one attached hydrogen (secondary N) is 1. The van der Waals surface area contributed by atoms with Crippen LogP contribution >= 0.6 is 0 Å². The van der Waals surface area contributed by atoms with E-state index in [0.29, 0.717) is 0 Å². The minimum Gasteiger partial charge on any atom is -1.00 e. The molecule has 0 spiro atoms. The molecule has 109 heavy (non-hydrogen) atoms. The molecule has 0 heterocycles. The van der Waals surface area contributed by atoms with E-state index < -0.39 is 0 Å². The molecule has 0 radical (unpaired) electrons. The van der Waals surface area contributed by atoms with Crippen LogP contribution in [0.3, 0.4) is 0 Å². The second-order valence-electron chi connectivity index (χ2n) is 4.85. The SMILES string of the molecule is N.N#N.O.O=O.OOO.OOO.OOOO.OOOO.OOOOO.OOOOO.OOOOOO.OOOOOO.OOOOOOO.OOOOOOOO.OOOOOOOO.OOOOOOOOO.OOOOOOOOO.OOOOOOOOOO.OOOOOOOOOO.[H-].[H-].[N-]=[N+]=N.[Na+].[Na+].[Ni]. The molecule has 680 valence electrons. The van der Waals surface area contributed by atoms with Gasteiger partial charge in [-0.05, 0) is 338 Å². The Balaban J connectivity index is -0.0000000310. The Labute approximate surface area is 621 Å². The van der Waals surface area contributed by atoms with Crippen molar-refractivity contribution in [2.75, 3.05) is 0 Å². The minimum absolute atomic E-state index is 0. The molecule has 106 nitrogen and oxygen atoms in total. The van der Waals surface area contributed by atoms with Crippen LogP contribution < -0.4 is 65.3 Å². The van der Waals surface area contributed by atoms with Gasteiger partial charge in [-0.1, -0.05) is 10.1 Å². The molecule has 0 aliphatic heterocycles. The van der Waals surface area contributed by atoms with E-state index >= 15 is 0 Å². The summed E-state index contributed by atoms with van der Waals surface area (Å²) in [6, 6.07) is 0. The summed E-state index contributed by atoms with van der Waals surface area (Å²) >= 11 is 0. The van der Waals surface area contributed by atoms with Gasteiger partial charge in [0, 0.05) is 37.2 Å². The van der Waals surface area contributed by atoms with Gasteiger partial charge >= 0.3 is 59.1 Å². The van der Waals surface area contributed by atoms with Crippen molar-refractivity contribution >= 4 is 0 Å². The molecular formula is H38N6Na2NiO100. The molecule has 0 aliphatic carbocycles. The topological polar surface area (TPSA) is 1430 Å². The van der Waals surface area contributed by atoms with E-state index in [0.717, 1.165) is 0 Å². The Morgan fingerprint density at radius 1 is 0.193 bits per heavy atom. The van der Waals surface area contributed by atoms with E-state index in [-0.39, 0.29) is 90.1 Å². The number of hydrogen-bond acceptors (Lipinski definition) is 103. The first-order chi connectivity index (χ1) is 50.6. The molecule has 109 heteroatoms. The monoisotopic (exact) mass is 1830 g/mol. The zero-order valence-electron chi connectivity index (χ0n) is 49.4. The maximum absolute atomic E-state index is 7.35. The Morgan fingerprint density at radius 2 is 0.239 bits per heavy atom. The summed E-state index contributed by atoms with van der Waals surface area (Å²) in [4.78, 5) is 15.8. The molecule has 0 bridgehead atoms. The van der Waals surface area contributed by atoms with Crippen LogP contribution in [0.15, 0.2) is 0 Å². The molecule has 0 atom stereocenters. The van der Waals surface area contributed by atoms with Crippen LogP contribution in [0.25, 0.3) is 10.4 Å². The van der Waals surface area contributed by atoms with E-state index in [1.54, 1.807) is 4.91 Å². The van der Waals surface area contributed by atoms with Gasteiger partial charge in [0.2, 0.25) is 0 Å². The predicted molar refractivity (Wildman–Crippen MR) is 182 cm³/mol. The fraction of sp³-hybridized carbons (Fsp3) is 0. The Kier molecular flexibility index (Phi) is 418. The maximum atomic E-state index is 7.35. The largest absolute Gasteiger partial charge is 1.00 e. The van der Waals surface area contributed by atoms with Crippen molar-refractivity contribution in [2.45, 2.75) is 0 Å². The van der Waals surface area contributed by atoms with Gasteiger partial charge in [-0.15, -0.1) is 5.53 Å². The molecule has 0 rings (SSSR count). The molecular weight excluding hydrogens is 1790 g/mol. The van der Waals surface area contributed by atoms with Gasteiger partial charge in [0.1, 0.15) is 0 Å². The number of hydrogen-bond donors (Lipinski definition) is 32. The van der Waals surface area contributed by atoms with Crippen molar-refractivity contribution in [3.05, 3.63) is 20.4 Å². The van der Waals surface area contributed by atoms with Gasteiger partial charge in [0.05, 0.1) is 0 Å². The van der Waals surface area contributed by atoms with Crippen molar-refractivity contribution in [1.29, 1.82) is 16.3 Å². The number of nitrogens with zero attached hydrogens (tertiary/aromatic N) is 4. The van der Waals surface area contributed by atoms with Crippen molar-refractivity contribution in [2.24, 2.45) is 0 Å². The van der Waals surface area contributed by atoms with Crippen LogP contribution in [0.2, 0.25) is 0 Å². The van der Waals surface area contributed by atoms with Gasteiger partial charge in [-0.2, -0.15) is 0 Å². The third kappa shape index (κ3) is 465. The van der Waals surface area contributed by atoms with Crippen LogP contribution in [-0.2, 0) is 354 Å². The molecule has 0 aromatic heterocycles. The van der Waals surface area contributed by atoms with Crippen molar-refractivity contribution in [1.82, 2.24) is 6.15 Å². The van der Waals surface area contributed by atoms with Gasteiger partial charge in [-0.3, -0.25) is 0 Å². The van der Waals surface area contributed by atoms with E-state index in [1.807, 2.05) is 0 Å². The quantitative estimate of drug-likeness (QED) is 0.00393. The fourth-order valence-corrected chi connectivity index (χ4v) is 0.466. The number of rotatable bonds is 52. The van der Waals surface area contributed by atoms with Crippen molar-refractivity contribution in [3.8, 4) is 0 Å². The van der Waals surface area contributed by atoms with E-state index in [9.17, 15) is 0 Å². The van der Waals surface area contributed by atoms with Crippen molar-refractivity contribution in [3.63, 3.8) is 0 Å². The summed E-state index contributed by atoms with van der Waals surface area (Å²) < 4.78 is 0. The molecule has 0 aromatic rings. The second kappa shape index (κ2) is 269. The first-order valence-electron chi connectivity index (χ1n) is 14.9.